The second-order valence-electron chi connectivity index (χ2n) is 7.01. The maximum atomic E-state index is 12.7. The van der Waals surface area contributed by atoms with Crippen LogP contribution in [0.3, 0.4) is 0 Å². The van der Waals surface area contributed by atoms with Crippen molar-refractivity contribution in [2.24, 2.45) is 4.99 Å². The van der Waals surface area contributed by atoms with Crippen molar-refractivity contribution in [3.05, 3.63) is 93.5 Å². The number of nitrogens with one attached hydrogen (secondary N) is 1. The van der Waals surface area contributed by atoms with Crippen molar-refractivity contribution >= 4 is 52.4 Å². The summed E-state index contributed by atoms with van der Waals surface area (Å²) in [6, 6.07) is 19.1. The van der Waals surface area contributed by atoms with Crippen LogP contribution in [0.5, 0.6) is 0 Å². The first kappa shape index (κ1) is 21.9. The fourth-order valence-corrected chi connectivity index (χ4v) is 3.71. The summed E-state index contributed by atoms with van der Waals surface area (Å²) >= 11 is 12.0. The predicted octanol–water partition coefficient (Wildman–Crippen LogP) is 6.17. The molecule has 1 N–H and O–H groups in total. The van der Waals surface area contributed by atoms with Gasteiger partial charge in [-0.05, 0) is 55.0 Å². The molecule has 1 aliphatic heterocycles. The van der Waals surface area contributed by atoms with Gasteiger partial charge in [0.25, 0.3) is 0 Å². The van der Waals surface area contributed by atoms with Crippen LogP contribution in [0, 0.1) is 0 Å². The van der Waals surface area contributed by atoms with Gasteiger partial charge in [0.05, 0.1) is 28.8 Å². The Morgan fingerprint density at radius 1 is 1.03 bits per heavy atom. The number of halogens is 2. The Morgan fingerprint density at radius 2 is 1.78 bits per heavy atom. The number of hydrogen-bond donors (Lipinski definition) is 1. The Morgan fingerprint density at radius 3 is 2.50 bits per heavy atom. The van der Waals surface area contributed by atoms with Gasteiger partial charge in [-0.2, -0.15) is 4.99 Å². The molecule has 6 nitrogen and oxygen atoms in total. The summed E-state index contributed by atoms with van der Waals surface area (Å²) in [7, 11) is 0. The van der Waals surface area contributed by atoms with E-state index < -0.39 is 6.03 Å². The van der Waals surface area contributed by atoms with Gasteiger partial charge in [0.2, 0.25) is 0 Å². The third-order valence-corrected chi connectivity index (χ3v) is 5.65. The average Bonchev–Trinajstić information content (AvgIpc) is 3.15. The predicted molar refractivity (Wildman–Crippen MR) is 127 cm³/mol. The van der Waals surface area contributed by atoms with E-state index in [-0.39, 0.29) is 5.97 Å². The number of amides is 2. The van der Waals surface area contributed by atoms with E-state index in [1.165, 1.54) is 0 Å². The van der Waals surface area contributed by atoms with Gasteiger partial charge in [-0.15, -0.1) is 0 Å². The molecule has 0 atom stereocenters. The van der Waals surface area contributed by atoms with Crippen LogP contribution in [0.15, 0.2) is 71.7 Å². The number of carbonyl (C=O) groups is 2. The molecule has 0 saturated heterocycles. The van der Waals surface area contributed by atoms with E-state index in [2.05, 4.69) is 10.3 Å². The Labute approximate surface area is 195 Å². The molecule has 1 heterocycles. The minimum atomic E-state index is -0.539. The summed E-state index contributed by atoms with van der Waals surface area (Å²) in [4.78, 5) is 30.9. The van der Waals surface area contributed by atoms with Gasteiger partial charge in [-0.25, -0.2) is 9.59 Å². The molecule has 0 radical (unpaired) electrons. The van der Waals surface area contributed by atoms with Crippen molar-refractivity contribution in [2.75, 3.05) is 16.8 Å². The first-order valence-electron chi connectivity index (χ1n) is 9.94. The van der Waals surface area contributed by atoms with Crippen molar-refractivity contribution in [1.82, 2.24) is 0 Å². The van der Waals surface area contributed by atoms with Gasteiger partial charge in [0.15, 0.2) is 0 Å². The Kier molecular flexibility index (Phi) is 6.44. The van der Waals surface area contributed by atoms with E-state index in [4.69, 9.17) is 27.9 Å². The second-order valence-corrected chi connectivity index (χ2v) is 7.82. The summed E-state index contributed by atoms with van der Waals surface area (Å²) in [5.41, 5.74) is 3.66. The first-order chi connectivity index (χ1) is 15.5. The van der Waals surface area contributed by atoms with E-state index in [0.29, 0.717) is 40.3 Å². The molecule has 0 aromatic heterocycles. The van der Waals surface area contributed by atoms with Crippen LogP contribution in [-0.2, 0) is 11.3 Å². The highest BCUT2D eigenvalue weighted by Crippen LogP contribution is 2.30. The second kappa shape index (κ2) is 9.42. The van der Waals surface area contributed by atoms with Crippen LogP contribution in [0.1, 0.15) is 28.4 Å². The molecule has 1 aliphatic rings. The standard InChI is InChI=1S/C24H19Cl2N3O3/c1-2-32-23(30)15-7-10-18(11-8-15)29-14-16-5-3-4-6-19(16)22(29)28-24(31)27-17-9-12-20(25)21(26)13-17/h3-13H,2,14H2,1H3,(H,27,31). The first-order valence-corrected chi connectivity index (χ1v) is 10.7. The van der Waals surface area contributed by atoms with Crippen molar-refractivity contribution in [2.45, 2.75) is 13.5 Å². The van der Waals surface area contributed by atoms with Gasteiger partial charge < -0.3 is 15.0 Å². The highest BCUT2D eigenvalue weighted by molar-refractivity contribution is 6.42. The molecular weight excluding hydrogens is 449 g/mol. The summed E-state index contributed by atoms with van der Waals surface area (Å²) in [6.45, 7) is 2.63. The van der Waals surface area contributed by atoms with Crippen molar-refractivity contribution in [3.8, 4) is 0 Å². The molecule has 0 fully saturated rings. The molecule has 0 aliphatic carbocycles. The number of aliphatic imine (C=N–C) groups is 1. The lowest BCUT2D eigenvalue weighted by Gasteiger charge is -2.19. The molecule has 2 amide bonds. The van der Waals surface area contributed by atoms with Gasteiger partial charge in [0, 0.05) is 16.9 Å². The molecule has 32 heavy (non-hydrogen) atoms. The summed E-state index contributed by atoms with van der Waals surface area (Å²) in [6.07, 6.45) is 0. The molecule has 0 unspecified atom stereocenters. The summed E-state index contributed by atoms with van der Waals surface area (Å²) in [5.74, 6) is 0.140. The molecule has 162 valence electrons. The number of nitrogens with zero attached hydrogens (tertiary/aromatic N) is 2. The number of amidine groups is 1. The topological polar surface area (TPSA) is 71.0 Å². The van der Waals surface area contributed by atoms with Crippen LogP contribution in [0.25, 0.3) is 0 Å². The van der Waals surface area contributed by atoms with Crippen molar-refractivity contribution < 1.29 is 14.3 Å². The SMILES string of the molecule is CCOC(=O)c1ccc(N2Cc3ccccc3C2=NC(=O)Nc2ccc(Cl)c(Cl)c2)cc1. The minimum absolute atomic E-state index is 0.312. The van der Waals surface area contributed by atoms with E-state index in [1.807, 2.05) is 41.3 Å². The fraction of sp³-hybridized carbons (Fsp3) is 0.125. The van der Waals surface area contributed by atoms with Crippen molar-refractivity contribution in [1.29, 1.82) is 0 Å². The van der Waals surface area contributed by atoms with Crippen LogP contribution < -0.4 is 10.2 Å². The normalized spacial score (nSPS) is 13.7. The number of urea groups is 1. The quantitative estimate of drug-likeness (QED) is 0.465. The number of ether oxygens (including phenoxy) is 1. The smallest absolute Gasteiger partial charge is 0.347 e. The number of benzene rings is 3. The minimum Gasteiger partial charge on any atom is -0.462 e. The Balaban J connectivity index is 1.63. The third-order valence-electron chi connectivity index (χ3n) is 4.91. The molecule has 4 rings (SSSR count). The zero-order chi connectivity index (χ0) is 22.7. The molecule has 3 aromatic rings. The third kappa shape index (κ3) is 4.61. The zero-order valence-corrected chi connectivity index (χ0v) is 18.7. The van der Waals surface area contributed by atoms with Gasteiger partial charge in [0.1, 0.15) is 5.84 Å². The Hall–Kier alpha value is -3.35. The van der Waals surface area contributed by atoms with Gasteiger partial charge in [-0.3, -0.25) is 0 Å². The molecule has 0 bridgehead atoms. The van der Waals surface area contributed by atoms with Crippen LogP contribution in [0.4, 0.5) is 16.2 Å². The van der Waals surface area contributed by atoms with E-state index in [9.17, 15) is 9.59 Å². The van der Waals surface area contributed by atoms with E-state index in [0.717, 1.165) is 16.8 Å². The van der Waals surface area contributed by atoms with Gasteiger partial charge in [-0.1, -0.05) is 47.5 Å². The lowest BCUT2D eigenvalue weighted by atomic mass is 10.1. The summed E-state index contributed by atoms with van der Waals surface area (Å²) in [5, 5.41) is 3.46. The molecular formula is C24H19Cl2N3O3. The lowest BCUT2D eigenvalue weighted by Crippen LogP contribution is -2.26. The highest BCUT2D eigenvalue weighted by atomic mass is 35.5. The number of anilines is 2. The molecule has 8 heteroatoms. The average molecular weight is 468 g/mol. The van der Waals surface area contributed by atoms with Crippen LogP contribution >= 0.6 is 23.2 Å². The highest BCUT2D eigenvalue weighted by Gasteiger charge is 2.27. The maximum Gasteiger partial charge on any atom is 0.347 e. The number of hydrogen-bond acceptors (Lipinski definition) is 3. The Bertz CT molecular complexity index is 1210. The molecule has 0 saturated carbocycles. The van der Waals surface area contributed by atoms with Crippen LogP contribution in [-0.4, -0.2) is 24.4 Å². The van der Waals surface area contributed by atoms with Crippen LogP contribution in [0.2, 0.25) is 10.0 Å². The van der Waals surface area contributed by atoms with Gasteiger partial charge >= 0.3 is 12.0 Å². The fourth-order valence-electron chi connectivity index (χ4n) is 3.41. The maximum absolute atomic E-state index is 12.7. The van der Waals surface area contributed by atoms with E-state index >= 15 is 0 Å². The summed E-state index contributed by atoms with van der Waals surface area (Å²) < 4.78 is 5.04. The van der Waals surface area contributed by atoms with Crippen molar-refractivity contribution in [3.63, 3.8) is 0 Å². The van der Waals surface area contributed by atoms with E-state index in [1.54, 1.807) is 37.3 Å². The zero-order valence-electron chi connectivity index (χ0n) is 17.1. The number of rotatable bonds is 4. The molecule has 0 spiro atoms. The number of fused-ring (bicyclic) bond motifs is 1. The molecule has 3 aromatic carbocycles. The monoisotopic (exact) mass is 467 g/mol. The largest absolute Gasteiger partial charge is 0.462 e. The number of carbonyl (C=O) groups excluding carboxylic acids is 2. The number of esters is 1. The lowest BCUT2D eigenvalue weighted by molar-refractivity contribution is 0.0526.